The first-order chi connectivity index (χ1) is 9.15. The van der Waals surface area contributed by atoms with Gasteiger partial charge in [-0.2, -0.15) is 0 Å². The van der Waals surface area contributed by atoms with Crippen molar-refractivity contribution in [2.24, 2.45) is 0 Å². The molecule has 0 saturated carbocycles. The summed E-state index contributed by atoms with van der Waals surface area (Å²) in [5, 5.41) is 2.98. The molecule has 0 aliphatic heterocycles. The van der Waals surface area contributed by atoms with Gasteiger partial charge >= 0.3 is 0 Å². The van der Waals surface area contributed by atoms with Crippen molar-refractivity contribution in [3.63, 3.8) is 0 Å². The van der Waals surface area contributed by atoms with Gasteiger partial charge in [0.1, 0.15) is 9.84 Å². The lowest BCUT2D eigenvalue weighted by atomic mass is 10.2. The zero-order valence-electron chi connectivity index (χ0n) is 11.4. The van der Waals surface area contributed by atoms with Crippen LogP contribution in [0.2, 0.25) is 0 Å². The number of rotatable bonds is 7. The molecule has 20 heavy (non-hydrogen) atoms. The molecule has 0 heterocycles. The van der Waals surface area contributed by atoms with E-state index in [0.717, 1.165) is 0 Å². The predicted octanol–water partition coefficient (Wildman–Crippen LogP) is 0.0235. The third-order valence-electron chi connectivity index (χ3n) is 2.61. The second-order valence-corrected chi connectivity index (χ2v) is 8.51. The van der Waals surface area contributed by atoms with Crippen molar-refractivity contribution in [1.29, 1.82) is 0 Å². The summed E-state index contributed by atoms with van der Waals surface area (Å²) in [7, 11) is -5.17. The molecular formula is C11H19N3O4S2. The summed E-state index contributed by atoms with van der Waals surface area (Å²) in [6, 6.07) is 4.34. The van der Waals surface area contributed by atoms with Gasteiger partial charge in [0, 0.05) is 12.8 Å². The Bertz CT molecular complexity index is 669. The van der Waals surface area contributed by atoms with Crippen LogP contribution in [-0.4, -0.2) is 42.4 Å². The summed E-state index contributed by atoms with van der Waals surface area (Å²) in [6.07, 6.45) is 1.63. The van der Waals surface area contributed by atoms with Gasteiger partial charge in [0.2, 0.25) is 10.0 Å². The fraction of sp³-hybridized carbons (Fsp3) is 0.455. The molecule has 0 aliphatic carbocycles. The second-order valence-electron chi connectivity index (χ2n) is 4.37. The van der Waals surface area contributed by atoms with Crippen molar-refractivity contribution in [1.82, 2.24) is 4.72 Å². The molecule has 0 unspecified atom stereocenters. The van der Waals surface area contributed by atoms with E-state index in [4.69, 9.17) is 5.73 Å². The summed E-state index contributed by atoms with van der Waals surface area (Å²) < 4.78 is 47.3. The molecule has 1 rings (SSSR count). The fourth-order valence-corrected chi connectivity index (χ4v) is 2.98. The van der Waals surface area contributed by atoms with Crippen LogP contribution in [0.4, 0.5) is 11.4 Å². The third-order valence-corrected chi connectivity index (χ3v) is 5.05. The van der Waals surface area contributed by atoms with Gasteiger partial charge in [0.15, 0.2) is 0 Å². The van der Waals surface area contributed by atoms with Crippen molar-refractivity contribution in [3.8, 4) is 0 Å². The molecule has 0 radical (unpaired) electrons. The van der Waals surface area contributed by atoms with Gasteiger partial charge in [-0.05, 0) is 31.7 Å². The largest absolute Gasteiger partial charge is 0.397 e. The lowest BCUT2D eigenvalue weighted by Gasteiger charge is -2.10. The highest BCUT2D eigenvalue weighted by Gasteiger charge is 2.12. The molecule has 4 N–H and O–H groups in total. The summed E-state index contributed by atoms with van der Waals surface area (Å²) in [6.45, 7) is 0.440. The summed E-state index contributed by atoms with van der Waals surface area (Å²) >= 11 is 0. The van der Waals surface area contributed by atoms with E-state index in [-0.39, 0.29) is 10.6 Å². The Morgan fingerprint density at radius 2 is 1.85 bits per heavy atom. The molecular weight excluding hydrogens is 302 g/mol. The quantitative estimate of drug-likeness (QED) is 0.481. The standard InChI is InChI=1S/C11H19N3O4S2/c1-13-20(17,18)9-4-5-11(10(12)8-9)14-6-3-7-19(2,15)16/h4-5,8,13-14H,3,6-7,12H2,1-2H3. The maximum absolute atomic E-state index is 11.6. The first-order valence-corrected chi connectivity index (χ1v) is 9.45. The van der Waals surface area contributed by atoms with E-state index >= 15 is 0 Å². The Morgan fingerprint density at radius 1 is 1.20 bits per heavy atom. The topological polar surface area (TPSA) is 118 Å². The Kier molecular flexibility index (Phi) is 5.37. The fourth-order valence-electron chi connectivity index (χ4n) is 1.54. The minimum atomic E-state index is -3.52. The number of sulfone groups is 1. The van der Waals surface area contributed by atoms with Crippen LogP contribution in [0, 0.1) is 0 Å². The highest BCUT2D eigenvalue weighted by Crippen LogP contribution is 2.22. The average Bonchev–Trinajstić information content (AvgIpc) is 2.34. The van der Waals surface area contributed by atoms with Crippen LogP contribution in [-0.2, 0) is 19.9 Å². The number of hydrogen-bond donors (Lipinski definition) is 3. The molecule has 1 aromatic rings. The number of nitrogen functional groups attached to an aromatic ring is 1. The lowest BCUT2D eigenvalue weighted by molar-refractivity contribution is 0.588. The van der Waals surface area contributed by atoms with Crippen LogP contribution in [0.1, 0.15) is 6.42 Å². The monoisotopic (exact) mass is 321 g/mol. The molecule has 0 amide bonds. The summed E-state index contributed by atoms with van der Waals surface area (Å²) in [4.78, 5) is 0.0826. The molecule has 0 atom stereocenters. The van der Waals surface area contributed by atoms with Gasteiger partial charge in [-0.25, -0.2) is 21.6 Å². The third kappa shape index (κ3) is 4.99. The second kappa shape index (κ2) is 6.42. The molecule has 0 aromatic heterocycles. The maximum atomic E-state index is 11.6. The van der Waals surface area contributed by atoms with Crippen molar-refractivity contribution >= 4 is 31.2 Å². The van der Waals surface area contributed by atoms with Crippen LogP contribution in [0.25, 0.3) is 0 Å². The number of anilines is 2. The average molecular weight is 321 g/mol. The van der Waals surface area contributed by atoms with Crippen molar-refractivity contribution in [3.05, 3.63) is 18.2 Å². The Hall–Kier alpha value is -1.32. The minimum Gasteiger partial charge on any atom is -0.397 e. The molecule has 1 aromatic carbocycles. The number of nitrogens with one attached hydrogen (secondary N) is 2. The maximum Gasteiger partial charge on any atom is 0.240 e. The van der Waals surface area contributed by atoms with Crippen LogP contribution < -0.4 is 15.8 Å². The number of benzene rings is 1. The number of sulfonamides is 1. The van der Waals surface area contributed by atoms with Crippen LogP contribution in [0.15, 0.2) is 23.1 Å². The molecule has 0 fully saturated rings. The predicted molar refractivity (Wildman–Crippen MR) is 79.9 cm³/mol. The number of hydrogen-bond acceptors (Lipinski definition) is 6. The van der Waals surface area contributed by atoms with E-state index in [1.54, 1.807) is 6.07 Å². The van der Waals surface area contributed by atoms with E-state index < -0.39 is 19.9 Å². The molecule has 0 saturated heterocycles. The van der Waals surface area contributed by atoms with Gasteiger partial charge in [-0.3, -0.25) is 0 Å². The lowest BCUT2D eigenvalue weighted by Crippen LogP contribution is -2.19. The highest BCUT2D eigenvalue weighted by molar-refractivity contribution is 7.90. The van der Waals surface area contributed by atoms with E-state index in [1.165, 1.54) is 25.4 Å². The highest BCUT2D eigenvalue weighted by atomic mass is 32.2. The van der Waals surface area contributed by atoms with Crippen molar-refractivity contribution in [2.75, 3.05) is 36.7 Å². The van der Waals surface area contributed by atoms with Crippen LogP contribution in [0.5, 0.6) is 0 Å². The summed E-state index contributed by atoms with van der Waals surface area (Å²) in [5.41, 5.74) is 6.64. The Labute approximate surface area is 119 Å². The van der Waals surface area contributed by atoms with Gasteiger partial charge in [-0.15, -0.1) is 0 Å². The number of nitrogens with two attached hydrogens (primary N) is 1. The van der Waals surface area contributed by atoms with E-state index in [1.807, 2.05) is 0 Å². The first kappa shape index (κ1) is 16.7. The Morgan fingerprint density at radius 3 is 2.35 bits per heavy atom. The van der Waals surface area contributed by atoms with Gasteiger partial charge in [0.05, 0.1) is 22.0 Å². The molecule has 7 nitrogen and oxygen atoms in total. The van der Waals surface area contributed by atoms with E-state index in [0.29, 0.717) is 24.3 Å². The van der Waals surface area contributed by atoms with Crippen LogP contribution >= 0.6 is 0 Å². The molecule has 114 valence electrons. The normalized spacial score (nSPS) is 12.3. The Balaban J connectivity index is 2.70. The molecule has 0 spiro atoms. The molecule has 0 bridgehead atoms. The molecule has 9 heteroatoms. The SMILES string of the molecule is CNS(=O)(=O)c1ccc(NCCCS(C)(=O)=O)c(N)c1. The first-order valence-electron chi connectivity index (χ1n) is 5.90. The minimum absolute atomic E-state index is 0.0826. The van der Waals surface area contributed by atoms with Gasteiger partial charge in [0.25, 0.3) is 0 Å². The zero-order chi connectivity index (χ0) is 15.4. The van der Waals surface area contributed by atoms with E-state index in [2.05, 4.69) is 10.0 Å². The zero-order valence-corrected chi connectivity index (χ0v) is 13.0. The van der Waals surface area contributed by atoms with Crippen LogP contribution in [0.3, 0.4) is 0 Å². The smallest absolute Gasteiger partial charge is 0.240 e. The van der Waals surface area contributed by atoms with E-state index in [9.17, 15) is 16.8 Å². The van der Waals surface area contributed by atoms with Gasteiger partial charge in [-0.1, -0.05) is 0 Å². The summed E-state index contributed by atoms with van der Waals surface area (Å²) in [5.74, 6) is 0.0894. The van der Waals surface area contributed by atoms with Crippen molar-refractivity contribution in [2.45, 2.75) is 11.3 Å². The van der Waals surface area contributed by atoms with Crippen molar-refractivity contribution < 1.29 is 16.8 Å². The van der Waals surface area contributed by atoms with Gasteiger partial charge < -0.3 is 11.1 Å². The molecule has 0 aliphatic rings.